The summed E-state index contributed by atoms with van der Waals surface area (Å²) in [5.74, 6) is -1.21. The van der Waals surface area contributed by atoms with E-state index in [0.29, 0.717) is 11.6 Å². The van der Waals surface area contributed by atoms with Gasteiger partial charge in [-0.1, -0.05) is 37.6 Å². The molecule has 4 rings (SSSR count). The maximum atomic E-state index is 12.5. The Labute approximate surface area is 168 Å². The van der Waals surface area contributed by atoms with Gasteiger partial charge in [-0.25, -0.2) is 4.98 Å². The number of aromatic nitrogens is 1. The maximum absolute atomic E-state index is 12.5. The zero-order valence-corrected chi connectivity index (χ0v) is 16.7. The van der Waals surface area contributed by atoms with Crippen LogP contribution in [0.4, 0.5) is 5.13 Å². The van der Waals surface area contributed by atoms with Crippen molar-refractivity contribution < 1.29 is 14.7 Å². The van der Waals surface area contributed by atoms with Crippen LogP contribution < -0.4 is 5.32 Å². The minimum Gasteiger partial charge on any atom is -0.481 e. The molecule has 1 aromatic carbocycles. The van der Waals surface area contributed by atoms with Crippen molar-refractivity contribution in [3.63, 3.8) is 0 Å². The Hall–Kier alpha value is -2.25. The molecule has 2 aromatic rings. The standard InChI is InChI=1S/C21H25N3O3S/c1-2-3-13-4-6-14(7-5-13)17-12-28-21(22-17)23-19(25)11-24-15-8-9-18(24)16(10-15)20(26)27/h4-7,12,15-16,18H,2-3,8-11H2,1H3,(H,26,27)(H,22,23,25). The molecule has 1 aromatic heterocycles. The predicted molar refractivity (Wildman–Crippen MR) is 109 cm³/mol. The number of thiazole rings is 1. The average Bonchev–Trinajstić information content (AvgIpc) is 3.38. The second kappa shape index (κ2) is 8.01. The van der Waals surface area contributed by atoms with E-state index in [-0.39, 0.29) is 30.5 Å². The summed E-state index contributed by atoms with van der Waals surface area (Å²) >= 11 is 1.41. The number of benzene rings is 1. The molecule has 3 atom stereocenters. The zero-order chi connectivity index (χ0) is 19.7. The highest BCUT2D eigenvalue weighted by atomic mass is 32.1. The van der Waals surface area contributed by atoms with Gasteiger partial charge in [-0.15, -0.1) is 11.3 Å². The zero-order valence-electron chi connectivity index (χ0n) is 15.9. The Kier molecular flexibility index (Phi) is 5.46. The number of nitrogens with zero attached hydrogens (tertiary/aromatic N) is 2. The fourth-order valence-electron chi connectivity index (χ4n) is 4.53. The summed E-state index contributed by atoms with van der Waals surface area (Å²) in [5.41, 5.74) is 3.21. The van der Waals surface area contributed by atoms with Crippen molar-refractivity contribution in [1.82, 2.24) is 9.88 Å². The lowest BCUT2D eigenvalue weighted by atomic mass is 9.89. The molecular weight excluding hydrogens is 374 g/mol. The molecule has 7 heteroatoms. The Morgan fingerprint density at radius 2 is 2.07 bits per heavy atom. The fourth-order valence-corrected chi connectivity index (χ4v) is 5.27. The van der Waals surface area contributed by atoms with Crippen LogP contribution in [0.5, 0.6) is 0 Å². The first-order chi connectivity index (χ1) is 13.5. The fraction of sp³-hybridized carbons (Fsp3) is 0.476. The highest BCUT2D eigenvalue weighted by molar-refractivity contribution is 7.14. The van der Waals surface area contributed by atoms with Gasteiger partial charge < -0.3 is 10.4 Å². The van der Waals surface area contributed by atoms with Gasteiger partial charge in [-0.2, -0.15) is 0 Å². The van der Waals surface area contributed by atoms with Crippen molar-refractivity contribution in [2.45, 2.75) is 51.1 Å². The van der Waals surface area contributed by atoms with Crippen molar-refractivity contribution in [3.05, 3.63) is 35.2 Å². The number of fused-ring (bicyclic) bond motifs is 2. The molecule has 0 saturated carbocycles. The van der Waals surface area contributed by atoms with Crippen LogP contribution in [-0.4, -0.2) is 45.5 Å². The Morgan fingerprint density at radius 1 is 1.29 bits per heavy atom. The van der Waals surface area contributed by atoms with Gasteiger partial charge in [0.2, 0.25) is 5.91 Å². The normalized spacial score (nSPS) is 23.8. The van der Waals surface area contributed by atoms with E-state index in [1.54, 1.807) is 0 Å². The van der Waals surface area contributed by atoms with Gasteiger partial charge in [-0.05, 0) is 31.2 Å². The highest BCUT2D eigenvalue weighted by Crippen LogP contribution is 2.41. The number of carboxylic acid groups (broad SMARTS) is 1. The van der Waals surface area contributed by atoms with E-state index < -0.39 is 5.97 Å². The van der Waals surface area contributed by atoms with Gasteiger partial charge in [0.05, 0.1) is 18.2 Å². The van der Waals surface area contributed by atoms with Crippen LogP contribution in [0.25, 0.3) is 11.3 Å². The molecule has 0 spiro atoms. The summed E-state index contributed by atoms with van der Waals surface area (Å²) in [4.78, 5) is 30.5. The number of hydrogen-bond donors (Lipinski definition) is 2. The molecule has 2 N–H and O–H groups in total. The number of carbonyl (C=O) groups is 2. The molecule has 2 aliphatic rings. The lowest BCUT2D eigenvalue weighted by Crippen LogP contribution is -2.38. The SMILES string of the molecule is CCCc1ccc(-c2csc(NC(=O)CN3C4CCC3C(C(=O)O)C4)n2)cc1. The Balaban J connectivity index is 1.36. The van der Waals surface area contributed by atoms with Gasteiger partial charge in [0.15, 0.2) is 5.13 Å². The highest BCUT2D eigenvalue weighted by Gasteiger charge is 2.49. The lowest BCUT2D eigenvalue weighted by Gasteiger charge is -2.21. The van der Waals surface area contributed by atoms with Crippen molar-refractivity contribution in [1.29, 1.82) is 0 Å². The van der Waals surface area contributed by atoms with E-state index >= 15 is 0 Å². The summed E-state index contributed by atoms with van der Waals surface area (Å²) in [5, 5.41) is 14.8. The van der Waals surface area contributed by atoms with E-state index in [2.05, 4.69) is 46.4 Å². The monoisotopic (exact) mass is 399 g/mol. The molecule has 2 saturated heterocycles. The third-order valence-electron chi connectivity index (χ3n) is 5.86. The van der Waals surface area contributed by atoms with Crippen LogP contribution >= 0.6 is 11.3 Å². The first kappa shape index (κ1) is 19.1. The van der Waals surface area contributed by atoms with Crippen molar-refractivity contribution in [2.24, 2.45) is 5.92 Å². The molecule has 148 valence electrons. The van der Waals surface area contributed by atoms with Gasteiger partial charge in [0.1, 0.15) is 0 Å². The van der Waals surface area contributed by atoms with Crippen molar-refractivity contribution >= 4 is 28.3 Å². The van der Waals surface area contributed by atoms with Crippen LogP contribution in [-0.2, 0) is 16.0 Å². The van der Waals surface area contributed by atoms with Crippen LogP contribution in [0.2, 0.25) is 0 Å². The number of aryl methyl sites for hydroxylation is 1. The van der Waals surface area contributed by atoms with E-state index in [1.165, 1.54) is 16.9 Å². The van der Waals surface area contributed by atoms with Gasteiger partial charge in [0, 0.05) is 23.0 Å². The summed E-state index contributed by atoms with van der Waals surface area (Å²) in [6, 6.07) is 8.59. The van der Waals surface area contributed by atoms with Crippen LogP contribution in [0.3, 0.4) is 0 Å². The number of carbonyl (C=O) groups excluding carboxylic acids is 1. The van der Waals surface area contributed by atoms with Crippen LogP contribution in [0.15, 0.2) is 29.6 Å². The Bertz CT molecular complexity index is 864. The van der Waals surface area contributed by atoms with Crippen LogP contribution in [0, 0.1) is 5.92 Å². The number of aliphatic carboxylic acids is 1. The number of anilines is 1. The summed E-state index contributed by atoms with van der Waals surface area (Å²) < 4.78 is 0. The van der Waals surface area contributed by atoms with E-state index in [9.17, 15) is 14.7 Å². The lowest BCUT2D eigenvalue weighted by molar-refractivity contribution is -0.142. The molecule has 0 aliphatic carbocycles. The Morgan fingerprint density at radius 3 is 2.75 bits per heavy atom. The second-order valence-electron chi connectivity index (χ2n) is 7.68. The summed E-state index contributed by atoms with van der Waals surface area (Å²) in [6.45, 7) is 2.40. The smallest absolute Gasteiger partial charge is 0.308 e. The third kappa shape index (κ3) is 3.82. The maximum Gasteiger partial charge on any atom is 0.308 e. The van der Waals surface area contributed by atoms with Gasteiger partial charge >= 0.3 is 5.97 Å². The molecule has 28 heavy (non-hydrogen) atoms. The van der Waals surface area contributed by atoms with Gasteiger partial charge in [0.25, 0.3) is 0 Å². The number of carboxylic acids is 1. The molecule has 2 fully saturated rings. The molecular formula is C21H25N3O3S. The van der Waals surface area contributed by atoms with Crippen LogP contribution in [0.1, 0.15) is 38.2 Å². The summed E-state index contributed by atoms with van der Waals surface area (Å²) in [6.07, 6.45) is 4.70. The van der Waals surface area contributed by atoms with E-state index in [4.69, 9.17) is 0 Å². The first-order valence-corrected chi connectivity index (χ1v) is 10.8. The molecule has 6 nitrogen and oxygen atoms in total. The minimum atomic E-state index is -0.743. The largest absolute Gasteiger partial charge is 0.481 e. The number of hydrogen-bond acceptors (Lipinski definition) is 5. The van der Waals surface area contributed by atoms with Gasteiger partial charge in [-0.3, -0.25) is 14.5 Å². The summed E-state index contributed by atoms with van der Waals surface area (Å²) in [7, 11) is 0. The quantitative estimate of drug-likeness (QED) is 0.743. The molecule has 2 bridgehead atoms. The molecule has 3 heterocycles. The van der Waals surface area contributed by atoms with Crippen molar-refractivity contribution in [3.8, 4) is 11.3 Å². The second-order valence-corrected chi connectivity index (χ2v) is 8.54. The topological polar surface area (TPSA) is 82.5 Å². The minimum absolute atomic E-state index is 0.0123. The average molecular weight is 400 g/mol. The van der Waals surface area contributed by atoms with Crippen molar-refractivity contribution in [2.75, 3.05) is 11.9 Å². The molecule has 3 unspecified atom stereocenters. The van der Waals surface area contributed by atoms with E-state index in [0.717, 1.165) is 36.9 Å². The predicted octanol–water partition coefficient (Wildman–Crippen LogP) is 3.64. The third-order valence-corrected chi connectivity index (χ3v) is 6.62. The number of amides is 1. The first-order valence-electron chi connectivity index (χ1n) is 9.88. The number of nitrogens with one attached hydrogen (secondary N) is 1. The molecule has 2 aliphatic heterocycles. The molecule has 0 radical (unpaired) electrons. The molecule has 1 amide bonds. The number of rotatable bonds is 7. The van der Waals surface area contributed by atoms with E-state index in [1.807, 2.05) is 5.38 Å².